The molecule has 0 spiro atoms. The SMILES string of the molecule is CC/C=C\C/C=C\C/C=C\C/C=C\C/C=C\CCCC(=O)OCC(COC(=O)CCCCCCC/C=C\CCC)OC(=O)CCCCCCCCC/C=C\C/C=C\CCCCC. The van der Waals surface area contributed by atoms with Crippen molar-refractivity contribution in [3.63, 3.8) is 0 Å². The molecule has 352 valence electrons. The van der Waals surface area contributed by atoms with E-state index in [9.17, 15) is 14.4 Å². The highest BCUT2D eigenvalue weighted by molar-refractivity contribution is 5.71. The van der Waals surface area contributed by atoms with Crippen LogP contribution in [0.4, 0.5) is 0 Å². The van der Waals surface area contributed by atoms with Crippen LogP contribution in [0.1, 0.15) is 220 Å². The van der Waals surface area contributed by atoms with E-state index in [1.807, 2.05) is 0 Å². The van der Waals surface area contributed by atoms with Gasteiger partial charge in [-0.3, -0.25) is 14.4 Å². The van der Waals surface area contributed by atoms with Gasteiger partial charge in [0.05, 0.1) is 0 Å². The minimum atomic E-state index is -0.807. The Morgan fingerprint density at radius 1 is 0.339 bits per heavy atom. The van der Waals surface area contributed by atoms with E-state index in [4.69, 9.17) is 14.2 Å². The maximum atomic E-state index is 12.8. The molecule has 0 N–H and O–H groups in total. The third-order valence-corrected chi connectivity index (χ3v) is 10.3. The molecule has 6 nitrogen and oxygen atoms in total. The molecule has 0 fully saturated rings. The van der Waals surface area contributed by atoms with Crippen molar-refractivity contribution in [1.82, 2.24) is 0 Å². The van der Waals surface area contributed by atoms with E-state index in [-0.39, 0.29) is 37.5 Å². The predicted molar refractivity (Wildman–Crippen MR) is 265 cm³/mol. The van der Waals surface area contributed by atoms with E-state index >= 15 is 0 Å². The number of carbonyl (C=O) groups is 3. The lowest BCUT2D eigenvalue weighted by atomic mass is 10.1. The normalized spacial score (nSPS) is 12.9. The van der Waals surface area contributed by atoms with Gasteiger partial charge in [0.25, 0.3) is 0 Å². The van der Waals surface area contributed by atoms with Crippen molar-refractivity contribution in [3.8, 4) is 0 Å². The van der Waals surface area contributed by atoms with Gasteiger partial charge in [-0.25, -0.2) is 0 Å². The van der Waals surface area contributed by atoms with Crippen LogP contribution >= 0.6 is 0 Å². The number of hydrogen-bond donors (Lipinski definition) is 0. The summed E-state index contributed by atoms with van der Waals surface area (Å²) in [5.74, 6) is -0.988. The molecule has 0 heterocycles. The van der Waals surface area contributed by atoms with Gasteiger partial charge >= 0.3 is 17.9 Å². The second-order valence-corrected chi connectivity index (χ2v) is 16.3. The van der Waals surface area contributed by atoms with Crippen molar-refractivity contribution >= 4 is 17.9 Å². The number of carbonyl (C=O) groups excluding carboxylic acids is 3. The van der Waals surface area contributed by atoms with Crippen LogP contribution in [0.3, 0.4) is 0 Å². The van der Waals surface area contributed by atoms with Gasteiger partial charge in [-0.15, -0.1) is 0 Å². The molecule has 0 aromatic carbocycles. The molecule has 0 saturated carbocycles. The Morgan fingerprint density at radius 3 is 1.13 bits per heavy atom. The van der Waals surface area contributed by atoms with Gasteiger partial charge in [0, 0.05) is 19.3 Å². The van der Waals surface area contributed by atoms with Crippen LogP contribution in [0, 0.1) is 0 Å². The zero-order valence-electron chi connectivity index (χ0n) is 40.1. The van der Waals surface area contributed by atoms with Crippen LogP contribution in [0.5, 0.6) is 0 Å². The zero-order chi connectivity index (χ0) is 45.1. The van der Waals surface area contributed by atoms with Gasteiger partial charge in [0.15, 0.2) is 6.10 Å². The Balaban J connectivity index is 4.48. The van der Waals surface area contributed by atoms with Crippen LogP contribution in [0.25, 0.3) is 0 Å². The molecule has 0 aliphatic carbocycles. The first kappa shape index (κ1) is 58.3. The number of ether oxygens (including phenoxy) is 3. The third kappa shape index (κ3) is 47.4. The van der Waals surface area contributed by atoms with Gasteiger partial charge in [-0.2, -0.15) is 0 Å². The molecule has 0 bridgehead atoms. The van der Waals surface area contributed by atoms with Crippen LogP contribution in [-0.4, -0.2) is 37.2 Å². The minimum absolute atomic E-state index is 0.104. The molecule has 0 radical (unpaired) electrons. The van der Waals surface area contributed by atoms with Gasteiger partial charge < -0.3 is 14.2 Å². The van der Waals surface area contributed by atoms with Gasteiger partial charge in [-0.1, -0.05) is 189 Å². The van der Waals surface area contributed by atoms with Crippen molar-refractivity contribution < 1.29 is 28.6 Å². The van der Waals surface area contributed by atoms with Crippen LogP contribution < -0.4 is 0 Å². The van der Waals surface area contributed by atoms with E-state index in [2.05, 4.69) is 118 Å². The van der Waals surface area contributed by atoms with Crippen molar-refractivity contribution in [1.29, 1.82) is 0 Å². The monoisotopic (exact) mass is 861 g/mol. The molecular weight excluding hydrogens is 769 g/mol. The van der Waals surface area contributed by atoms with Gasteiger partial charge in [-0.05, 0) is 109 Å². The maximum Gasteiger partial charge on any atom is 0.306 e. The summed E-state index contributed by atoms with van der Waals surface area (Å²) < 4.78 is 16.7. The summed E-state index contributed by atoms with van der Waals surface area (Å²) in [7, 11) is 0. The molecule has 0 aliphatic rings. The molecule has 6 heteroatoms. The summed E-state index contributed by atoms with van der Waals surface area (Å²) in [5, 5.41) is 0. The van der Waals surface area contributed by atoms with Crippen molar-refractivity contribution in [2.45, 2.75) is 226 Å². The lowest BCUT2D eigenvalue weighted by Crippen LogP contribution is -2.30. The van der Waals surface area contributed by atoms with Crippen molar-refractivity contribution in [2.24, 2.45) is 0 Å². The Bertz CT molecular complexity index is 1260. The lowest BCUT2D eigenvalue weighted by Gasteiger charge is -2.18. The molecule has 0 amide bonds. The van der Waals surface area contributed by atoms with E-state index < -0.39 is 6.10 Å². The average molecular weight is 861 g/mol. The fraction of sp³-hybridized carbons (Fsp3) is 0.661. The summed E-state index contributed by atoms with van der Waals surface area (Å²) in [6.07, 6.45) is 65.4. The highest BCUT2D eigenvalue weighted by Gasteiger charge is 2.19. The van der Waals surface area contributed by atoms with Crippen LogP contribution in [0.15, 0.2) is 97.2 Å². The summed E-state index contributed by atoms with van der Waals surface area (Å²) in [5.41, 5.74) is 0. The molecule has 0 aliphatic heterocycles. The zero-order valence-corrected chi connectivity index (χ0v) is 40.1. The molecule has 0 aromatic rings. The van der Waals surface area contributed by atoms with Crippen molar-refractivity contribution in [3.05, 3.63) is 97.2 Å². The predicted octanol–water partition coefficient (Wildman–Crippen LogP) is 16.6. The fourth-order valence-electron chi connectivity index (χ4n) is 6.51. The maximum absolute atomic E-state index is 12.8. The molecular formula is C56H92O6. The Morgan fingerprint density at radius 2 is 0.677 bits per heavy atom. The topological polar surface area (TPSA) is 78.9 Å². The minimum Gasteiger partial charge on any atom is -0.462 e. The van der Waals surface area contributed by atoms with E-state index in [0.29, 0.717) is 19.3 Å². The number of hydrogen-bond acceptors (Lipinski definition) is 6. The standard InChI is InChI=1S/C56H92O6/c1-4-7-10-13-16-19-22-24-26-28-30-32-34-37-40-43-46-49-55(58)61-52-53(51-60-54(57)48-45-42-39-36-21-18-15-12-9-6-3)62-56(59)50-47-44-41-38-35-33-31-29-27-25-23-20-17-14-11-8-5-2/h7,10,12,15-17,19-20,24-27,30,32,37,40,53H,4-6,8-9,11,13-14,18,21-23,28-29,31,33-36,38-39,41-52H2,1-3H3/b10-7-,15-12-,19-16-,20-17-,26-24-,27-25-,32-30-,40-37-. The largest absolute Gasteiger partial charge is 0.462 e. The second kappa shape index (κ2) is 50.0. The Kier molecular flexibility index (Phi) is 47.0. The summed E-state index contributed by atoms with van der Waals surface area (Å²) in [6, 6.07) is 0. The van der Waals surface area contributed by atoms with E-state index in [1.165, 1.54) is 64.2 Å². The van der Waals surface area contributed by atoms with E-state index in [1.54, 1.807) is 0 Å². The fourth-order valence-corrected chi connectivity index (χ4v) is 6.51. The van der Waals surface area contributed by atoms with Crippen LogP contribution in [-0.2, 0) is 28.6 Å². The Labute approximate surface area is 381 Å². The molecule has 0 rings (SSSR count). The number of allylic oxidation sites excluding steroid dienone is 16. The van der Waals surface area contributed by atoms with E-state index in [0.717, 1.165) is 109 Å². The molecule has 1 unspecified atom stereocenters. The second-order valence-electron chi connectivity index (χ2n) is 16.3. The van der Waals surface area contributed by atoms with Gasteiger partial charge in [0.2, 0.25) is 0 Å². The molecule has 0 aromatic heterocycles. The third-order valence-electron chi connectivity index (χ3n) is 10.3. The molecule has 1 atom stereocenters. The summed E-state index contributed by atoms with van der Waals surface area (Å²) >= 11 is 0. The smallest absolute Gasteiger partial charge is 0.306 e. The Hall–Kier alpha value is -3.67. The molecule has 62 heavy (non-hydrogen) atoms. The first-order valence-corrected chi connectivity index (χ1v) is 25.2. The summed E-state index contributed by atoms with van der Waals surface area (Å²) in [6.45, 7) is 6.36. The first-order valence-electron chi connectivity index (χ1n) is 25.2. The average Bonchev–Trinajstić information content (AvgIpc) is 3.27. The number of esters is 3. The number of unbranched alkanes of at least 4 members (excludes halogenated alkanes) is 17. The summed E-state index contributed by atoms with van der Waals surface area (Å²) in [4.78, 5) is 37.9. The highest BCUT2D eigenvalue weighted by Crippen LogP contribution is 2.13. The van der Waals surface area contributed by atoms with Gasteiger partial charge in [0.1, 0.15) is 13.2 Å². The number of rotatable bonds is 44. The van der Waals surface area contributed by atoms with Crippen LogP contribution in [0.2, 0.25) is 0 Å². The quantitative estimate of drug-likeness (QED) is 0.0263. The molecule has 0 saturated heterocycles. The first-order chi connectivity index (χ1) is 30.5. The van der Waals surface area contributed by atoms with Crippen molar-refractivity contribution in [2.75, 3.05) is 13.2 Å². The lowest BCUT2D eigenvalue weighted by molar-refractivity contribution is -0.167. The highest BCUT2D eigenvalue weighted by atomic mass is 16.6.